The van der Waals surface area contributed by atoms with Gasteiger partial charge >= 0.3 is 0 Å². The van der Waals surface area contributed by atoms with Crippen molar-refractivity contribution in [3.63, 3.8) is 0 Å². The molecule has 5 aromatic rings. The third-order valence-corrected chi connectivity index (χ3v) is 11.5. The number of ketones is 1. The van der Waals surface area contributed by atoms with E-state index in [-0.39, 0.29) is 57.9 Å². The minimum Gasteiger partial charge on any atom is -0.378 e. The molecule has 2 aliphatic carbocycles. The van der Waals surface area contributed by atoms with Crippen LogP contribution in [0.4, 0.5) is 17.6 Å². The Kier molecular flexibility index (Phi) is 9.76. The molecule has 0 amide bonds. The van der Waals surface area contributed by atoms with Crippen molar-refractivity contribution in [3.8, 4) is 23.0 Å². The summed E-state index contributed by atoms with van der Waals surface area (Å²) < 4.78 is 87.5. The van der Waals surface area contributed by atoms with E-state index in [0.29, 0.717) is 37.7 Å². The first kappa shape index (κ1) is 38.4. The topological polar surface area (TPSA) is 120 Å². The molecule has 16 heteroatoms. The number of aryl methyl sites for hydroxylation is 1. The van der Waals surface area contributed by atoms with Crippen LogP contribution in [0.2, 0.25) is 5.02 Å². The third kappa shape index (κ3) is 7.54. The molecule has 0 saturated heterocycles. The first-order chi connectivity index (χ1) is 25.2. The van der Waals surface area contributed by atoms with Gasteiger partial charge in [0.25, 0.3) is 5.92 Å². The normalized spacial score (nSPS) is 17.9. The van der Waals surface area contributed by atoms with Gasteiger partial charge in [0.2, 0.25) is 0 Å². The first-order valence-electron chi connectivity index (χ1n) is 16.9. The van der Waals surface area contributed by atoms with Crippen LogP contribution in [0.3, 0.4) is 0 Å². The first-order valence-corrected chi connectivity index (χ1v) is 20.4. The molecule has 3 atom stereocenters. The average molecular weight is 894 g/mol. The number of carbonyl (C=O) groups is 1. The summed E-state index contributed by atoms with van der Waals surface area (Å²) >= 11 is 8.57. The number of carbonyl (C=O) groups excluding carboxylic acids is 1. The van der Waals surface area contributed by atoms with Crippen LogP contribution in [0.25, 0.3) is 22.0 Å². The van der Waals surface area contributed by atoms with Crippen molar-refractivity contribution in [2.45, 2.75) is 68.8 Å². The standard InChI is InChI=1S/C38H33ClF4IN5O4S/c1-37(2,51)10-9-23-5-6-25(26-7-8-29(39)32-30(18-54(4,52)53)46-48(3)34(26)32)33(45-23)20(11-19-12-21(40)15-22(41)13-19)14-24(50)17-49-35-31(36(44)47-49)27-16-28(27)38(35,42)43/h5-8,12-13,15,20,27-28,51H,11,14,16-18H2,1-4H3/t20-,27+,28-/m1/s1. The average Bonchev–Trinajstić information content (AvgIpc) is 3.62. The largest absolute Gasteiger partial charge is 0.378 e. The molecule has 0 unspecified atom stereocenters. The van der Waals surface area contributed by atoms with E-state index in [4.69, 9.17) is 16.6 Å². The fourth-order valence-corrected chi connectivity index (χ4v) is 9.32. The van der Waals surface area contributed by atoms with Crippen LogP contribution in [0.1, 0.15) is 72.4 Å². The summed E-state index contributed by atoms with van der Waals surface area (Å²) in [5.74, 6) is -2.08. The second-order valence-corrected chi connectivity index (χ2v) is 18.2. The van der Waals surface area contributed by atoms with Crippen LogP contribution in [-0.2, 0) is 46.3 Å². The lowest BCUT2D eigenvalue weighted by atomic mass is 9.86. The maximum Gasteiger partial charge on any atom is 0.293 e. The molecule has 0 radical (unpaired) electrons. The predicted molar refractivity (Wildman–Crippen MR) is 203 cm³/mol. The fourth-order valence-electron chi connectivity index (χ4n) is 7.44. The van der Waals surface area contributed by atoms with Gasteiger partial charge in [-0.05, 0) is 97.0 Å². The van der Waals surface area contributed by atoms with E-state index in [1.54, 1.807) is 31.3 Å². The molecule has 2 aromatic carbocycles. The van der Waals surface area contributed by atoms with Crippen LogP contribution in [-0.4, -0.2) is 55.7 Å². The van der Waals surface area contributed by atoms with Crippen molar-refractivity contribution < 1.29 is 35.9 Å². The van der Waals surface area contributed by atoms with Gasteiger partial charge in [0.15, 0.2) is 15.6 Å². The number of Topliss-reactive ketones (excluding diaryl/α,β-unsaturated/α-hetero) is 1. The number of pyridine rings is 1. The van der Waals surface area contributed by atoms with Gasteiger partial charge in [-0.3, -0.25) is 14.2 Å². The number of sulfone groups is 1. The maximum absolute atomic E-state index is 15.4. The van der Waals surface area contributed by atoms with E-state index in [1.165, 1.54) is 18.5 Å². The number of hydrogen-bond acceptors (Lipinski definition) is 7. The van der Waals surface area contributed by atoms with Crippen LogP contribution < -0.4 is 0 Å². The molecule has 1 N–H and O–H groups in total. The van der Waals surface area contributed by atoms with Gasteiger partial charge in [-0.15, -0.1) is 0 Å². The van der Waals surface area contributed by atoms with Gasteiger partial charge in [-0.1, -0.05) is 23.6 Å². The number of halogens is 6. The summed E-state index contributed by atoms with van der Waals surface area (Å²) in [6.45, 7) is 2.52. The number of nitrogens with zero attached hydrogens (tertiary/aromatic N) is 5. The number of alkyl halides is 2. The van der Waals surface area contributed by atoms with Crippen molar-refractivity contribution in [2.75, 3.05) is 6.26 Å². The smallest absolute Gasteiger partial charge is 0.293 e. The van der Waals surface area contributed by atoms with E-state index in [2.05, 4.69) is 22.0 Å². The lowest BCUT2D eigenvalue weighted by Crippen LogP contribution is -2.24. The highest BCUT2D eigenvalue weighted by Gasteiger charge is 2.66. The molecule has 7 rings (SSSR count). The molecule has 0 spiro atoms. The highest BCUT2D eigenvalue weighted by Crippen LogP contribution is 2.67. The van der Waals surface area contributed by atoms with Crippen molar-refractivity contribution in [1.29, 1.82) is 0 Å². The Morgan fingerprint density at radius 1 is 1.13 bits per heavy atom. The van der Waals surface area contributed by atoms with Gasteiger partial charge in [0, 0.05) is 59.7 Å². The van der Waals surface area contributed by atoms with E-state index in [1.807, 2.05) is 22.6 Å². The molecule has 2 aliphatic rings. The van der Waals surface area contributed by atoms with Crippen molar-refractivity contribution >= 4 is 60.7 Å². The highest BCUT2D eigenvalue weighted by molar-refractivity contribution is 14.1. The molecule has 1 saturated carbocycles. The zero-order valence-electron chi connectivity index (χ0n) is 29.4. The van der Waals surface area contributed by atoms with Crippen LogP contribution >= 0.6 is 34.2 Å². The van der Waals surface area contributed by atoms with Gasteiger partial charge in [-0.25, -0.2) is 22.2 Å². The molecule has 282 valence electrons. The number of aliphatic hydroxyl groups is 1. The molecule has 3 aromatic heterocycles. The molecular formula is C38H33ClF4IN5O4S. The van der Waals surface area contributed by atoms with E-state index in [9.17, 15) is 27.1 Å². The summed E-state index contributed by atoms with van der Waals surface area (Å²) in [5, 5.41) is 19.8. The zero-order chi connectivity index (χ0) is 39.1. The summed E-state index contributed by atoms with van der Waals surface area (Å²) in [7, 11) is -1.89. The zero-order valence-corrected chi connectivity index (χ0v) is 33.1. The molecule has 0 aliphatic heterocycles. The lowest BCUT2D eigenvalue weighted by molar-refractivity contribution is -0.120. The van der Waals surface area contributed by atoms with Gasteiger partial charge < -0.3 is 5.11 Å². The van der Waals surface area contributed by atoms with E-state index >= 15 is 8.78 Å². The van der Waals surface area contributed by atoms with Crippen molar-refractivity contribution in [1.82, 2.24) is 24.5 Å². The SMILES string of the molecule is Cn1nc(CS(C)(=O)=O)c2c(Cl)ccc(-c3ccc(C#CC(C)(C)O)nc3[C@@H](CC(=O)Cn3nc(I)c4c3C(F)(F)[C@@H]3C[C@H]43)Cc3cc(F)cc(F)c3)c21. The molecule has 9 nitrogen and oxygen atoms in total. The Morgan fingerprint density at radius 2 is 1.81 bits per heavy atom. The monoisotopic (exact) mass is 893 g/mol. The van der Waals surface area contributed by atoms with Crippen LogP contribution in [0.15, 0.2) is 42.5 Å². The number of rotatable bonds is 10. The van der Waals surface area contributed by atoms with E-state index in [0.717, 1.165) is 29.1 Å². The minimum atomic E-state index is -3.52. The lowest BCUT2D eigenvalue weighted by Gasteiger charge is -2.22. The van der Waals surface area contributed by atoms with Gasteiger partial charge in [-0.2, -0.15) is 19.0 Å². The van der Waals surface area contributed by atoms with Gasteiger partial charge in [0.1, 0.15) is 38.9 Å². The summed E-state index contributed by atoms with van der Waals surface area (Å²) in [6.07, 6.45) is 1.05. The number of benzene rings is 2. The third-order valence-electron chi connectivity index (χ3n) is 9.60. The number of hydrogen-bond donors (Lipinski definition) is 1. The van der Waals surface area contributed by atoms with Gasteiger partial charge in [0.05, 0.1) is 27.7 Å². The molecule has 1 fully saturated rings. The van der Waals surface area contributed by atoms with E-state index < -0.39 is 57.2 Å². The summed E-state index contributed by atoms with van der Waals surface area (Å²) in [6, 6.07) is 9.61. The van der Waals surface area contributed by atoms with Crippen molar-refractivity contribution in [2.24, 2.45) is 13.0 Å². The Balaban J connectivity index is 1.38. The number of fused-ring (bicyclic) bond motifs is 4. The van der Waals surface area contributed by atoms with Crippen molar-refractivity contribution in [3.05, 3.63) is 96.7 Å². The molecular weight excluding hydrogens is 861 g/mol. The Hall–Kier alpha value is -3.85. The molecule has 0 bridgehead atoms. The fraction of sp³-hybridized carbons (Fsp3) is 0.368. The summed E-state index contributed by atoms with van der Waals surface area (Å²) in [5.41, 5.74) is 1.19. The summed E-state index contributed by atoms with van der Waals surface area (Å²) in [4.78, 5) is 18.9. The highest BCUT2D eigenvalue weighted by atomic mass is 127. The predicted octanol–water partition coefficient (Wildman–Crippen LogP) is 7.23. The Labute approximate surface area is 327 Å². The molecule has 3 heterocycles. The second-order valence-electron chi connectivity index (χ2n) is 14.6. The molecule has 54 heavy (non-hydrogen) atoms. The number of aromatic nitrogens is 5. The Bertz CT molecular complexity index is 2540. The maximum atomic E-state index is 15.4. The quantitative estimate of drug-likeness (QED) is 0.0893. The van der Waals surface area contributed by atoms with Crippen LogP contribution in [0.5, 0.6) is 0 Å². The Morgan fingerprint density at radius 3 is 2.48 bits per heavy atom. The second kappa shape index (κ2) is 13.7. The minimum absolute atomic E-state index is 0.0979. The van der Waals surface area contributed by atoms with Crippen LogP contribution in [0, 0.1) is 33.1 Å².